The molecule has 31 heavy (non-hydrogen) atoms. The molecule has 9 nitrogen and oxygen atoms in total. The molecule has 1 aromatic heterocycles. The highest BCUT2D eigenvalue weighted by molar-refractivity contribution is 5.92. The van der Waals surface area contributed by atoms with Crippen LogP contribution in [0, 0.1) is 6.92 Å². The average molecular weight is 420 g/mol. The van der Waals surface area contributed by atoms with Gasteiger partial charge in [-0.3, -0.25) is 4.79 Å². The van der Waals surface area contributed by atoms with Crippen LogP contribution in [0.4, 0.5) is 11.4 Å². The zero-order valence-corrected chi connectivity index (χ0v) is 17.3. The molecule has 1 fully saturated rings. The summed E-state index contributed by atoms with van der Waals surface area (Å²) >= 11 is 0. The lowest BCUT2D eigenvalue weighted by atomic mass is 10.1. The Hall–Kier alpha value is -3.75. The number of esters is 1. The van der Waals surface area contributed by atoms with Crippen molar-refractivity contribution >= 4 is 23.3 Å². The maximum Gasteiger partial charge on any atom is 0.330 e. The second kappa shape index (κ2) is 9.38. The van der Waals surface area contributed by atoms with Crippen molar-refractivity contribution in [3.8, 4) is 11.4 Å². The smallest absolute Gasteiger partial charge is 0.330 e. The second-order valence-corrected chi connectivity index (χ2v) is 7.46. The topological polar surface area (TPSA) is 102 Å². The first-order valence-corrected chi connectivity index (χ1v) is 10.2. The van der Waals surface area contributed by atoms with Gasteiger partial charge in [-0.25, -0.2) is 4.79 Å². The van der Waals surface area contributed by atoms with Gasteiger partial charge in [-0.05, 0) is 49.2 Å². The molecule has 1 amide bonds. The van der Waals surface area contributed by atoms with Crippen molar-refractivity contribution < 1.29 is 14.3 Å². The molecule has 4 rings (SSSR count). The van der Waals surface area contributed by atoms with Crippen LogP contribution in [0.15, 0.2) is 48.5 Å². The third kappa shape index (κ3) is 5.44. The van der Waals surface area contributed by atoms with Crippen molar-refractivity contribution in [1.29, 1.82) is 0 Å². The molecule has 0 unspecified atom stereocenters. The van der Waals surface area contributed by atoms with E-state index in [0.717, 1.165) is 34.7 Å². The molecule has 0 radical (unpaired) electrons. The molecular weight excluding hydrogens is 396 g/mol. The summed E-state index contributed by atoms with van der Waals surface area (Å²) in [6.45, 7) is 3.51. The summed E-state index contributed by atoms with van der Waals surface area (Å²) in [6.07, 6.45) is 2.42. The van der Waals surface area contributed by atoms with Gasteiger partial charge < -0.3 is 15.0 Å². The van der Waals surface area contributed by atoms with Crippen LogP contribution >= 0.6 is 0 Å². The normalized spacial score (nSPS) is 13.3. The summed E-state index contributed by atoms with van der Waals surface area (Å²) in [4.78, 5) is 27.6. The number of hydrogen-bond acceptors (Lipinski definition) is 7. The number of benzene rings is 2. The molecule has 1 aliphatic heterocycles. The Morgan fingerprint density at radius 1 is 1.03 bits per heavy atom. The van der Waals surface area contributed by atoms with Crippen LogP contribution in [0.3, 0.4) is 0 Å². The van der Waals surface area contributed by atoms with E-state index in [1.165, 1.54) is 12.8 Å². The minimum absolute atomic E-state index is 0.226. The molecular formula is C22H24N6O3. The third-order valence-corrected chi connectivity index (χ3v) is 5.02. The number of hydrogen-bond donors (Lipinski definition) is 1. The van der Waals surface area contributed by atoms with E-state index in [1.54, 1.807) is 0 Å². The summed E-state index contributed by atoms with van der Waals surface area (Å²) in [7, 11) is 0. The number of carbonyl (C=O) groups is 2. The number of aromatic nitrogens is 4. The number of nitrogens with one attached hydrogen (secondary N) is 1. The van der Waals surface area contributed by atoms with Crippen LogP contribution in [0.5, 0.6) is 0 Å². The van der Waals surface area contributed by atoms with Crippen LogP contribution in [0.2, 0.25) is 0 Å². The number of amides is 1. The van der Waals surface area contributed by atoms with E-state index in [2.05, 4.69) is 25.6 Å². The van der Waals surface area contributed by atoms with Gasteiger partial charge in [-0.2, -0.15) is 4.80 Å². The lowest BCUT2D eigenvalue weighted by molar-refractivity contribution is -0.148. The standard InChI is InChI=1S/C22H24N6O3/c1-16-4-6-17(7-5-16)22-24-26-28(25-22)14-21(30)31-15-20(29)23-18-8-10-19(11-9-18)27-12-2-3-13-27/h4-11H,2-3,12-15H2,1H3,(H,23,29). The van der Waals surface area contributed by atoms with Gasteiger partial charge in [0.2, 0.25) is 5.82 Å². The number of carbonyl (C=O) groups excluding carboxylic acids is 2. The van der Waals surface area contributed by atoms with E-state index < -0.39 is 11.9 Å². The van der Waals surface area contributed by atoms with Gasteiger partial charge in [0.25, 0.3) is 5.91 Å². The number of aryl methyl sites for hydroxylation is 1. The molecule has 1 N–H and O–H groups in total. The van der Waals surface area contributed by atoms with E-state index in [9.17, 15) is 9.59 Å². The third-order valence-electron chi connectivity index (χ3n) is 5.02. The quantitative estimate of drug-likeness (QED) is 0.586. The van der Waals surface area contributed by atoms with Gasteiger partial charge in [0.15, 0.2) is 13.2 Å². The molecule has 0 spiro atoms. The fraction of sp³-hybridized carbons (Fsp3) is 0.318. The predicted octanol–water partition coefficient (Wildman–Crippen LogP) is 2.43. The summed E-state index contributed by atoms with van der Waals surface area (Å²) in [6, 6.07) is 15.3. The van der Waals surface area contributed by atoms with Crippen LogP contribution < -0.4 is 10.2 Å². The predicted molar refractivity (Wildman–Crippen MR) is 115 cm³/mol. The Balaban J connectivity index is 1.23. The monoisotopic (exact) mass is 420 g/mol. The van der Waals surface area contributed by atoms with Gasteiger partial charge in [0.1, 0.15) is 0 Å². The number of tetrazole rings is 1. The van der Waals surface area contributed by atoms with E-state index >= 15 is 0 Å². The van der Waals surface area contributed by atoms with Crippen molar-refractivity contribution in [2.75, 3.05) is 29.9 Å². The maximum atomic E-state index is 12.1. The van der Waals surface area contributed by atoms with Crippen molar-refractivity contribution in [3.63, 3.8) is 0 Å². The van der Waals surface area contributed by atoms with Gasteiger partial charge in [-0.1, -0.05) is 29.8 Å². The fourth-order valence-electron chi connectivity index (χ4n) is 3.36. The van der Waals surface area contributed by atoms with Crippen LogP contribution in [-0.4, -0.2) is 51.8 Å². The Kier molecular flexibility index (Phi) is 6.21. The van der Waals surface area contributed by atoms with Crippen LogP contribution in [0.1, 0.15) is 18.4 Å². The Morgan fingerprint density at radius 3 is 2.45 bits per heavy atom. The summed E-state index contributed by atoms with van der Waals surface area (Å²) in [5.41, 5.74) is 3.73. The van der Waals surface area contributed by atoms with Crippen LogP contribution in [0.25, 0.3) is 11.4 Å². The summed E-state index contributed by atoms with van der Waals surface area (Å²) < 4.78 is 5.03. The Labute approximate surface area is 180 Å². The molecule has 1 aliphatic rings. The second-order valence-electron chi connectivity index (χ2n) is 7.46. The minimum Gasteiger partial charge on any atom is -0.454 e. The van der Waals surface area contributed by atoms with E-state index in [4.69, 9.17) is 4.74 Å². The Bertz CT molecular complexity index is 1040. The van der Waals surface area contributed by atoms with Gasteiger partial charge in [-0.15, -0.1) is 10.2 Å². The molecule has 9 heteroatoms. The number of nitrogens with zero attached hydrogens (tertiary/aromatic N) is 5. The fourth-order valence-corrected chi connectivity index (χ4v) is 3.36. The average Bonchev–Trinajstić information content (AvgIpc) is 3.46. The van der Waals surface area contributed by atoms with Crippen LogP contribution in [-0.2, 0) is 20.9 Å². The molecule has 2 aromatic carbocycles. The van der Waals surface area contributed by atoms with Crippen molar-refractivity contribution in [2.45, 2.75) is 26.3 Å². The number of rotatable bonds is 7. The van der Waals surface area contributed by atoms with Gasteiger partial charge in [0, 0.05) is 30.0 Å². The summed E-state index contributed by atoms with van der Waals surface area (Å²) in [5, 5.41) is 14.7. The molecule has 0 aliphatic carbocycles. The molecule has 2 heterocycles. The van der Waals surface area contributed by atoms with Gasteiger partial charge in [0.05, 0.1) is 0 Å². The molecule has 0 bridgehead atoms. The highest BCUT2D eigenvalue weighted by Crippen LogP contribution is 2.22. The number of ether oxygens (including phenoxy) is 1. The number of anilines is 2. The largest absolute Gasteiger partial charge is 0.454 e. The Morgan fingerprint density at radius 2 is 1.74 bits per heavy atom. The molecule has 0 atom stereocenters. The minimum atomic E-state index is -0.618. The van der Waals surface area contributed by atoms with E-state index in [-0.39, 0.29) is 13.2 Å². The first kappa shape index (κ1) is 20.5. The lowest BCUT2D eigenvalue weighted by Gasteiger charge is -2.17. The van der Waals surface area contributed by atoms with Crippen molar-refractivity contribution in [3.05, 3.63) is 54.1 Å². The first-order valence-electron chi connectivity index (χ1n) is 10.2. The van der Waals surface area contributed by atoms with Crippen molar-refractivity contribution in [1.82, 2.24) is 20.2 Å². The summed E-state index contributed by atoms with van der Waals surface area (Å²) in [5.74, 6) is -0.607. The zero-order valence-electron chi connectivity index (χ0n) is 17.3. The SMILES string of the molecule is Cc1ccc(-c2nnn(CC(=O)OCC(=O)Nc3ccc(N4CCCC4)cc3)n2)cc1. The maximum absolute atomic E-state index is 12.1. The van der Waals surface area contributed by atoms with E-state index in [0.29, 0.717) is 11.5 Å². The van der Waals surface area contributed by atoms with Crippen molar-refractivity contribution in [2.24, 2.45) is 0 Å². The molecule has 1 saturated heterocycles. The molecule has 3 aromatic rings. The lowest BCUT2D eigenvalue weighted by Crippen LogP contribution is -2.23. The zero-order chi connectivity index (χ0) is 21.6. The van der Waals surface area contributed by atoms with E-state index in [1.807, 2.05) is 55.5 Å². The molecule has 0 saturated carbocycles. The highest BCUT2D eigenvalue weighted by Gasteiger charge is 2.14. The van der Waals surface area contributed by atoms with Gasteiger partial charge >= 0.3 is 5.97 Å². The highest BCUT2D eigenvalue weighted by atomic mass is 16.5. The molecule has 160 valence electrons. The first-order chi connectivity index (χ1) is 15.1.